The summed E-state index contributed by atoms with van der Waals surface area (Å²) in [6.07, 6.45) is 0.814. The molecule has 0 bridgehead atoms. The number of hydrogen-bond donors (Lipinski definition) is 2. The maximum atomic E-state index is 12.3. The third-order valence-electron chi connectivity index (χ3n) is 3.69. The van der Waals surface area contributed by atoms with Crippen molar-refractivity contribution in [2.24, 2.45) is 0 Å². The average Bonchev–Trinajstić information content (AvgIpc) is 2.53. The van der Waals surface area contributed by atoms with Gasteiger partial charge in [0.15, 0.2) is 0 Å². The molecule has 6 nitrogen and oxygen atoms in total. The first-order valence-electron chi connectivity index (χ1n) is 8.26. The van der Waals surface area contributed by atoms with Crippen LogP contribution in [0, 0.1) is 0 Å². The van der Waals surface area contributed by atoms with Crippen molar-refractivity contribution in [1.29, 1.82) is 0 Å². The van der Waals surface area contributed by atoms with Crippen LogP contribution >= 0.6 is 11.6 Å². The fraction of sp³-hybridized carbons (Fsp3) is 0.500. The summed E-state index contributed by atoms with van der Waals surface area (Å²) in [6, 6.07) is 4.67. The highest BCUT2D eigenvalue weighted by Gasteiger charge is 2.20. The van der Waals surface area contributed by atoms with Crippen LogP contribution < -0.4 is 10.6 Å². The van der Waals surface area contributed by atoms with Gasteiger partial charge >= 0.3 is 5.97 Å². The van der Waals surface area contributed by atoms with Gasteiger partial charge in [-0.05, 0) is 45.4 Å². The SMILES string of the molecule is CCOC(=O)CCC(=O)Nc1ccc(C(=O)NC(C)(C)CC)c(Cl)c1. The van der Waals surface area contributed by atoms with Crippen molar-refractivity contribution >= 4 is 35.1 Å². The zero-order valence-electron chi connectivity index (χ0n) is 15.1. The van der Waals surface area contributed by atoms with E-state index in [1.165, 1.54) is 6.07 Å². The fourth-order valence-electron chi connectivity index (χ4n) is 1.91. The van der Waals surface area contributed by atoms with Crippen LogP contribution in [-0.4, -0.2) is 29.9 Å². The maximum Gasteiger partial charge on any atom is 0.306 e. The van der Waals surface area contributed by atoms with Crippen LogP contribution in [0.1, 0.15) is 57.3 Å². The number of ether oxygens (including phenoxy) is 1. The van der Waals surface area contributed by atoms with Gasteiger partial charge in [0.05, 0.1) is 23.6 Å². The molecule has 0 unspecified atom stereocenters. The Balaban J connectivity index is 2.67. The number of nitrogens with one attached hydrogen (secondary N) is 2. The Kier molecular flexibility index (Phi) is 7.90. The first-order chi connectivity index (χ1) is 11.7. The zero-order valence-corrected chi connectivity index (χ0v) is 15.8. The van der Waals surface area contributed by atoms with Crippen molar-refractivity contribution in [3.05, 3.63) is 28.8 Å². The first-order valence-corrected chi connectivity index (χ1v) is 8.64. The third kappa shape index (κ3) is 7.13. The Morgan fingerprint density at radius 1 is 1.16 bits per heavy atom. The summed E-state index contributed by atoms with van der Waals surface area (Å²) in [6.45, 7) is 7.83. The summed E-state index contributed by atoms with van der Waals surface area (Å²) >= 11 is 6.16. The standard InChI is InChI=1S/C18H25ClN2O4/c1-5-18(3,4)21-17(24)13-8-7-12(11-14(13)19)20-15(22)9-10-16(23)25-6-2/h7-8,11H,5-6,9-10H2,1-4H3,(H,20,22)(H,21,24). The molecule has 138 valence electrons. The Morgan fingerprint density at radius 3 is 2.40 bits per heavy atom. The second kappa shape index (κ2) is 9.42. The van der Waals surface area contributed by atoms with Gasteiger partial charge in [-0.25, -0.2) is 0 Å². The molecule has 2 amide bonds. The highest BCUT2D eigenvalue weighted by atomic mass is 35.5. The second-order valence-corrected chi connectivity index (χ2v) is 6.65. The number of benzene rings is 1. The molecule has 0 aliphatic rings. The predicted octanol–water partition coefficient (Wildman–Crippen LogP) is 3.54. The molecule has 0 aliphatic heterocycles. The smallest absolute Gasteiger partial charge is 0.306 e. The Labute approximate surface area is 153 Å². The van der Waals surface area contributed by atoms with Gasteiger partial charge in [-0.3, -0.25) is 14.4 Å². The van der Waals surface area contributed by atoms with E-state index < -0.39 is 5.97 Å². The molecule has 0 atom stereocenters. The largest absolute Gasteiger partial charge is 0.466 e. The van der Waals surface area contributed by atoms with Gasteiger partial charge in [0, 0.05) is 17.6 Å². The molecule has 0 radical (unpaired) electrons. The molecule has 1 rings (SSSR count). The molecule has 0 saturated carbocycles. The summed E-state index contributed by atoms with van der Waals surface area (Å²) in [4.78, 5) is 35.4. The zero-order chi connectivity index (χ0) is 19.0. The summed E-state index contributed by atoms with van der Waals surface area (Å²) in [5.74, 6) is -1.01. The normalized spacial score (nSPS) is 10.9. The van der Waals surface area contributed by atoms with Crippen molar-refractivity contribution in [3.63, 3.8) is 0 Å². The van der Waals surface area contributed by atoms with Crippen molar-refractivity contribution in [2.75, 3.05) is 11.9 Å². The van der Waals surface area contributed by atoms with Gasteiger partial charge in [-0.1, -0.05) is 18.5 Å². The number of carbonyl (C=O) groups is 3. The molecule has 25 heavy (non-hydrogen) atoms. The van der Waals surface area contributed by atoms with Crippen molar-refractivity contribution in [2.45, 2.75) is 52.5 Å². The van der Waals surface area contributed by atoms with Crippen molar-refractivity contribution < 1.29 is 19.1 Å². The minimum atomic E-state index is -0.416. The highest BCUT2D eigenvalue weighted by molar-refractivity contribution is 6.34. The van der Waals surface area contributed by atoms with Crippen LogP contribution in [0.5, 0.6) is 0 Å². The Bertz CT molecular complexity index is 644. The lowest BCUT2D eigenvalue weighted by molar-refractivity contribution is -0.144. The lowest BCUT2D eigenvalue weighted by Gasteiger charge is -2.24. The van der Waals surface area contributed by atoms with Gasteiger partial charge in [0.2, 0.25) is 5.91 Å². The molecule has 2 N–H and O–H groups in total. The molecule has 0 aromatic heterocycles. The number of anilines is 1. The number of carbonyl (C=O) groups excluding carboxylic acids is 3. The molecule has 0 saturated heterocycles. The van der Waals surface area contributed by atoms with E-state index in [0.29, 0.717) is 11.3 Å². The summed E-state index contributed by atoms with van der Waals surface area (Å²) in [5, 5.41) is 5.79. The van der Waals surface area contributed by atoms with E-state index in [1.807, 2.05) is 20.8 Å². The van der Waals surface area contributed by atoms with Crippen LogP contribution in [-0.2, 0) is 14.3 Å². The topological polar surface area (TPSA) is 84.5 Å². The van der Waals surface area contributed by atoms with E-state index >= 15 is 0 Å². The van der Waals surface area contributed by atoms with Crippen LogP contribution in [0.2, 0.25) is 5.02 Å². The second-order valence-electron chi connectivity index (χ2n) is 6.24. The molecule has 0 spiro atoms. The maximum absolute atomic E-state index is 12.3. The van der Waals surface area contributed by atoms with Gasteiger partial charge in [0.25, 0.3) is 5.91 Å². The van der Waals surface area contributed by atoms with E-state index in [0.717, 1.165) is 6.42 Å². The number of hydrogen-bond acceptors (Lipinski definition) is 4. The Hall–Kier alpha value is -2.08. The summed E-state index contributed by atoms with van der Waals surface area (Å²) in [7, 11) is 0. The minimum absolute atomic E-state index is 0.0139. The van der Waals surface area contributed by atoms with E-state index in [4.69, 9.17) is 16.3 Å². The summed E-state index contributed by atoms with van der Waals surface area (Å²) < 4.78 is 4.77. The first kappa shape index (κ1) is 21.0. The van der Waals surface area contributed by atoms with Crippen molar-refractivity contribution in [3.8, 4) is 0 Å². The van der Waals surface area contributed by atoms with E-state index in [1.54, 1.807) is 19.1 Å². The lowest BCUT2D eigenvalue weighted by atomic mass is 10.0. The van der Waals surface area contributed by atoms with Gasteiger partial charge in [-0.15, -0.1) is 0 Å². The molecular weight excluding hydrogens is 344 g/mol. The summed E-state index contributed by atoms with van der Waals surface area (Å²) in [5.41, 5.74) is 0.471. The van der Waals surface area contributed by atoms with E-state index in [-0.39, 0.29) is 41.8 Å². The van der Waals surface area contributed by atoms with Gasteiger partial charge in [-0.2, -0.15) is 0 Å². The van der Waals surface area contributed by atoms with Gasteiger partial charge < -0.3 is 15.4 Å². The molecule has 1 aromatic rings. The van der Waals surface area contributed by atoms with Gasteiger partial charge in [0.1, 0.15) is 0 Å². The van der Waals surface area contributed by atoms with Crippen LogP contribution in [0.25, 0.3) is 0 Å². The predicted molar refractivity (Wildman–Crippen MR) is 97.8 cm³/mol. The van der Waals surface area contributed by atoms with Crippen molar-refractivity contribution in [1.82, 2.24) is 5.32 Å². The Morgan fingerprint density at radius 2 is 1.84 bits per heavy atom. The number of halogens is 1. The quantitative estimate of drug-likeness (QED) is 0.687. The van der Waals surface area contributed by atoms with Crippen LogP contribution in [0.3, 0.4) is 0 Å². The third-order valence-corrected chi connectivity index (χ3v) is 4.01. The monoisotopic (exact) mass is 368 g/mol. The molecular formula is C18H25ClN2O4. The molecule has 0 heterocycles. The van der Waals surface area contributed by atoms with Crippen LogP contribution in [0.15, 0.2) is 18.2 Å². The van der Waals surface area contributed by atoms with E-state index in [9.17, 15) is 14.4 Å². The number of rotatable bonds is 8. The number of amides is 2. The molecule has 0 aliphatic carbocycles. The molecule has 0 fully saturated rings. The highest BCUT2D eigenvalue weighted by Crippen LogP contribution is 2.22. The van der Waals surface area contributed by atoms with E-state index in [2.05, 4.69) is 10.6 Å². The van der Waals surface area contributed by atoms with Crippen LogP contribution in [0.4, 0.5) is 5.69 Å². The molecule has 7 heteroatoms. The average molecular weight is 369 g/mol. The molecule has 1 aromatic carbocycles. The number of esters is 1. The fourth-order valence-corrected chi connectivity index (χ4v) is 2.18. The lowest BCUT2D eigenvalue weighted by Crippen LogP contribution is -2.42. The minimum Gasteiger partial charge on any atom is -0.466 e.